The minimum absolute atomic E-state index is 0.0264. The van der Waals surface area contributed by atoms with Gasteiger partial charge in [0.15, 0.2) is 0 Å². The second-order valence-corrected chi connectivity index (χ2v) is 14.6. The number of nitrogens with zero attached hydrogens (tertiary/aromatic N) is 5. The molecule has 4 aromatic carbocycles. The van der Waals surface area contributed by atoms with Crippen molar-refractivity contribution in [3.8, 4) is 17.3 Å². The highest BCUT2D eigenvalue weighted by molar-refractivity contribution is 6.09. The number of ether oxygens (including phenoxy) is 1. The monoisotopic (exact) mass is 629 g/mol. The first-order valence-electron chi connectivity index (χ1n) is 17.5. The topological polar surface area (TPSA) is 45.9 Å². The third-order valence-electron chi connectivity index (χ3n) is 11.9. The normalized spacial score (nSPS) is 25.9. The fourth-order valence-corrected chi connectivity index (χ4v) is 10.2. The van der Waals surface area contributed by atoms with Crippen LogP contribution in [0.5, 0.6) is 11.5 Å². The molecule has 0 radical (unpaired) electrons. The standard InChI is InChI=1S/C42H39N5O/c1-45-26-44-46(27-45)34-10-7-11-35(24-34)48-36-14-15-38-37-12-5-6-13-39(37)47(40(38)25-36)41-23-31(16-17-43-41)42(30-8-3-2-4-9-30)32-19-28-18-29(21-32)22-33(42)20-28/h2-17,23-26,28-29,32-33H,18-22,27H2,1H3. The van der Waals surface area contributed by atoms with E-state index in [1.165, 1.54) is 54.0 Å². The predicted molar refractivity (Wildman–Crippen MR) is 193 cm³/mol. The fourth-order valence-electron chi connectivity index (χ4n) is 10.2. The fraction of sp³-hybridized carbons (Fsp3) is 0.286. The molecule has 0 unspecified atom stereocenters. The van der Waals surface area contributed by atoms with Crippen LogP contribution in [-0.4, -0.2) is 34.5 Å². The van der Waals surface area contributed by atoms with Crippen molar-refractivity contribution in [1.82, 2.24) is 14.5 Å². The van der Waals surface area contributed by atoms with Crippen molar-refractivity contribution in [2.24, 2.45) is 28.8 Å². The molecule has 6 heteroatoms. The summed E-state index contributed by atoms with van der Waals surface area (Å²) < 4.78 is 8.88. The van der Waals surface area contributed by atoms with E-state index in [0.717, 1.165) is 52.5 Å². The van der Waals surface area contributed by atoms with Crippen LogP contribution in [0, 0.1) is 23.7 Å². The van der Waals surface area contributed by atoms with Gasteiger partial charge >= 0.3 is 0 Å². The Morgan fingerprint density at radius 2 is 1.42 bits per heavy atom. The Bertz CT molecular complexity index is 2180. The summed E-state index contributed by atoms with van der Waals surface area (Å²) in [6.45, 7) is 0.718. The van der Waals surface area contributed by atoms with Crippen molar-refractivity contribution < 1.29 is 4.74 Å². The summed E-state index contributed by atoms with van der Waals surface area (Å²) in [4.78, 5) is 7.14. The maximum atomic E-state index is 6.53. The van der Waals surface area contributed by atoms with Gasteiger partial charge in [-0.15, -0.1) is 0 Å². The number of para-hydroxylation sites is 1. The molecule has 4 saturated carbocycles. The molecule has 0 atom stereocenters. The third-order valence-corrected chi connectivity index (χ3v) is 11.9. The molecular formula is C42H39N5O. The summed E-state index contributed by atoms with van der Waals surface area (Å²) >= 11 is 0. The van der Waals surface area contributed by atoms with Crippen LogP contribution in [0.3, 0.4) is 0 Å². The van der Waals surface area contributed by atoms with Gasteiger partial charge in [-0.2, -0.15) is 5.10 Å². The van der Waals surface area contributed by atoms with Gasteiger partial charge < -0.3 is 9.64 Å². The van der Waals surface area contributed by atoms with Gasteiger partial charge in [0.1, 0.15) is 30.3 Å². The third kappa shape index (κ3) is 4.24. The predicted octanol–water partition coefficient (Wildman–Crippen LogP) is 9.37. The molecule has 0 spiro atoms. The summed E-state index contributed by atoms with van der Waals surface area (Å²) in [5.41, 5.74) is 6.20. The maximum Gasteiger partial charge on any atom is 0.137 e. The lowest BCUT2D eigenvalue weighted by Crippen LogP contribution is -2.56. The molecule has 6 aromatic rings. The van der Waals surface area contributed by atoms with Crippen molar-refractivity contribution in [2.45, 2.75) is 37.5 Å². The number of fused-ring (bicyclic) bond motifs is 3. The molecule has 6 nitrogen and oxygen atoms in total. The maximum absolute atomic E-state index is 6.53. The van der Waals surface area contributed by atoms with Crippen LogP contribution in [0.15, 0.2) is 120 Å². The molecule has 5 aliphatic rings. The summed E-state index contributed by atoms with van der Waals surface area (Å²) in [5.74, 6) is 5.68. The average Bonchev–Trinajstić information content (AvgIpc) is 3.70. The number of anilines is 1. The minimum Gasteiger partial charge on any atom is -0.457 e. The van der Waals surface area contributed by atoms with E-state index in [2.05, 4.69) is 113 Å². The van der Waals surface area contributed by atoms with Crippen LogP contribution in [-0.2, 0) is 5.41 Å². The zero-order chi connectivity index (χ0) is 31.8. The lowest BCUT2D eigenvalue weighted by Gasteiger charge is -2.62. The first-order chi connectivity index (χ1) is 23.6. The molecule has 238 valence electrons. The first kappa shape index (κ1) is 28.0. The zero-order valence-electron chi connectivity index (χ0n) is 27.2. The second-order valence-electron chi connectivity index (χ2n) is 14.6. The van der Waals surface area contributed by atoms with Gasteiger partial charge in [-0.05, 0) is 109 Å². The quantitative estimate of drug-likeness (QED) is 0.184. The van der Waals surface area contributed by atoms with Gasteiger partial charge in [-0.1, -0.05) is 54.6 Å². The van der Waals surface area contributed by atoms with Crippen LogP contribution in [0.2, 0.25) is 0 Å². The Balaban J connectivity index is 1.10. The number of hydrogen-bond acceptors (Lipinski definition) is 5. The molecular weight excluding hydrogens is 590 g/mol. The Kier molecular flexibility index (Phi) is 6.24. The SMILES string of the molecule is CN1C=NN(c2cccc(Oc3ccc4c5ccccc5n(-c5cc(C6(c7ccccc7)C7CC8CC(C7)CC6C8)ccn5)c4c3)c2)C1. The molecule has 2 aromatic heterocycles. The number of pyridine rings is 1. The van der Waals surface area contributed by atoms with Crippen molar-refractivity contribution in [1.29, 1.82) is 0 Å². The highest BCUT2D eigenvalue weighted by Crippen LogP contribution is 2.65. The van der Waals surface area contributed by atoms with E-state index < -0.39 is 0 Å². The molecule has 4 fully saturated rings. The van der Waals surface area contributed by atoms with Crippen LogP contribution >= 0.6 is 0 Å². The van der Waals surface area contributed by atoms with E-state index in [-0.39, 0.29) is 5.41 Å². The van der Waals surface area contributed by atoms with E-state index in [4.69, 9.17) is 9.72 Å². The molecule has 3 heterocycles. The van der Waals surface area contributed by atoms with Gasteiger partial charge in [0, 0.05) is 41.6 Å². The van der Waals surface area contributed by atoms with E-state index in [9.17, 15) is 0 Å². The first-order valence-corrected chi connectivity index (χ1v) is 17.5. The van der Waals surface area contributed by atoms with Crippen LogP contribution in [0.1, 0.15) is 43.2 Å². The summed E-state index contributed by atoms with van der Waals surface area (Å²) in [5, 5.41) is 8.89. The molecule has 0 amide bonds. The highest BCUT2D eigenvalue weighted by Gasteiger charge is 2.58. The molecule has 4 aliphatic carbocycles. The highest BCUT2D eigenvalue weighted by atomic mass is 16.5. The van der Waals surface area contributed by atoms with Gasteiger partial charge in [0.25, 0.3) is 0 Å². The van der Waals surface area contributed by atoms with Crippen molar-refractivity contribution in [3.05, 3.63) is 127 Å². The largest absolute Gasteiger partial charge is 0.457 e. The molecule has 1 aliphatic heterocycles. The van der Waals surface area contributed by atoms with Crippen molar-refractivity contribution >= 4 is 33.8 Å². The number of benzene rings is 4. The summed E-state index contributed by atoms with van der Waals surface area (Å²) in [6.07, 6.45) is 10.7. The van der Waals surface area contributed by atoms with Crippen LogP contribution in [0.4, 0.5) is 5.69 Å². The molecule has 11 rings (SSSR count). The van der Waals surface area contributed by atoms with Crippen molar-refractivity contribution in [3.63, 3.8) is 0 Å². The molecule has 48 heavy (non-hydrogen) atoms. The average molecular weight is 630 g/mol. The Labute approximate surface area is 281 Å². The van der Waals surface area contributed by atoms with Crippen molar-refractivity contribution in [2.75, 3.05) is 18.7 Å². The molecule has 0 saturated heterocycles. The minimum atomic E-state index is 0.0264. The lowest BCUT2D eigenvalue weighted by molar-refractivity contribution is -0.0418. The van der Waals surface area contributed by atoms with E-state index in [1.54, 1.807) is 0 Å². The Hall–Kier alpha value is -5.10. The zero-order valence-corrected chi connectivity index (χ0v) is 27.2. The van der Waals surface area contributed by atoms with Crippen LogP contribution < -0.4 is 9.75 Å². The number of hydrogen-bond donors (Lipinski definition) is 0. The van der Waals surface area contributed by atoms with Crippen LogP contribution in [0.25, 0.3) is 27.6 Å². The summed E-state index contributed by atoms with van der Waals surface area (Å²) in [7, 11) is 2.02. The van der Waals surface area contributed by atoms with E-state index in [0.29, 0.717) is 11.8 Å². The molecule has 0 N–H and O–H groups in total. The van der Waals surface area contributed by atoms with Gasteiger partial charge in [0.05, 0.1) is 16.7 Å². The Morgan fingerprint density at radius 1 is 0.667 bits per heavy atom. The van der Waals surface area contributed by atoms with Gasteiger partial charge in [-0.3, -0.25) is 4.57 Å². The Morgan fingerprint density at radius 3 is 2.21 bits per heavy atom. The summed E-state index contributed by atoms with van der Waals surface area (Å²) in [6, 6.07) is 39.5. The number of hydrazone groups is 1. The van der Waals surface area contributed by atoms with E-state index in [1.807, 2.05) is 35.4 Å². The number of aromatic nitrogens is 2. The number of rotatable bonds is 6. The second kappa shape index (κ2) is 10.7. The smallest absolute Gasteiger partial charge is 0.137 e. The van der Waals surface area contributed by atoms with Gasteiger partial charge in [0.2, 0.25) is 0 Å². The van der Waals surface area contributed by atoms with Gasteiger partial charge in [-0.25, -0.2) is 9.99 Å². The van der Waals surface area contributed by atoms with E-state index >= 15 is 0 Å². The molecule has 4 bridgehead atoms. The lowest BCUT2D eigenvalue weighted by atomic mass is 9.42.